The lowest BCUT2D eigenvalue weighted by Gasteiger charge is -2.30. The van der Waals surface area contributed by atoms with Crippen molar-refractivity contribution >= 4 is 11.8 Å². The van der Waals surface area contributed by atoms with E-state index in [0.717, 1.165) is 35.2 Å². The topological polar surface area (TPSA) is 121 Å². The molecule has 0 saturated carbocycles. The summed E-state index contributed by atoms with van der Waals surface area (Å²) >= 11 is 0. The number of carbonyl (C=O) groups is 2. The number of oxazole rings is 1. The number of amides is 2. The van der Waals surface area contributed by atoms with Crippen LogP contribution in [0.3, 0.4) is 0 Å². The first-order valence-electron chi connectivity index (χ1n) is 15.6. The monoisotopic (exact) mass is 609 g/mol. The van der Waals surface area contributed by atoms with Crippen LogP contribution in [0.5, 0.6) is 0 Å². The Hall–Kier alpha value is -4.34. The Kier molecular flexibility index (Phi) is 9.80. The molecule has 1 aliphatic rings. The lowest BCUT2D eigenvalue weighted by Crippen LogP contribution is -2.47. The van der Waals surface area contributed by atoms with Crippen LogP contribution in [0, 0.1) is 6.92 Å². The van der Waals surface area contributed by atoms with Gasteiger partial charge < -0.3 is 25.1 Å². The molecule has 0 radical (unpaired) electrons. The molecular weight excluding hydrogens is 566 g/mol. The number of aromatic nitrogens is 2. The summed E-state index contributed by atoms with van der Waals surface area (Å²) in [6.45, 7) is 11.2. The number of pyridine rings is 1. The Bertz CT molecular complexity index is 1610. The number of likely N-dealkylation sites (tertiary alicyclic amines) is 1. The number of rotatable bonds is 10. The van der Waals surface area contributed by atoms with Crippen LogP contribution in [0.2, 0.25) is 0 Å². The number of aryl methyl sites for hydroxylation is 1. The van der Waals surface area contributed by atoms with Crippen LogP contribution in [-0.2, 0) is 12.0 Å². The number of carbonyl (C=O) groups excluding carboxylic acids is 2. The number of nitrogens with zero attached hydrogens (tertiary/aromatic N) is 3. The van der Waals surface area contributed by atoms with E-state index in [0.29, 0.717) is 30.1 Å². The SMILES string of the molecule is Cc1coc(C2CCCN2C(=O)c2cccc(C(=O)NC(C)C(O)C(NCc3cncc(C(C)(C)C)c3)c3ccccc3)c2)n1. The lowest BCUT2D eigenvalue weighted by atomic mass is 9.87. The molecule has 45 heavy (non-hydrogen) atoms. The fourth-order valence-electron chi connectivity index (χ4n) is 5.73. The van der Waals surface area contributed by atoms with Crippen molar-refractivity contribution in [3.8, 4) is 0 Å². The van der Waals surface area contributed by atoms with Gasteiger partial charge >= 0.3 is 0 Å². The van der Waals surface area contributed by atoms with E-state index in [2.05, 4.69) is 47.4 Å². The predicted molar refractivity (Wildman–Crippen MR) is 173 cm³/mol. The quantitative estimate of drug-likeness (QED) is 0.212. The highest BCUT2D eigenvalue weighted by Crippen LogP contribution is 2.33. The van der Waals surface area contributed by atoms with Gasteiger partial charge in [-0.2, -0.15) is 0 Å². The molecule has 1 fully saturated rings. The van der Waals surface area contributed by atoms with Crippen LogP contribution in [-0.4, -0.2) is 50.5 Å². The summed E-state index contributed by atoms with van der Waals surface area (Å²) in [7, 11) is 0. The maximum atomic E-state index is 13.5. The molecule has 9 nitrogen and oxygen atoms in total. The van der Waals surface area contributed by atoms with E-state index in [4.69, 9.17) is 4.42 Å². The first kappa shape index (κ1) is 32.1. The summed E-state index contributed by atoms with van der Waals surface area (Å²) in [5.41, 5.74) is 4.54. The molecule has 3 N–H and O–H groups in total. The van der Waals surface area contributed by atoms with Crippen LogP contribution in [0.25, 0.3) is 0 Å². The summed E-state index contributed by atoms with van der Waals surface area (Å²) in [5, 5.41) is 18.0. The van der Waals surface area contributed by atoms with Gasteiger partial charge in [-0.05, 0) is 67.0 Å². The number of benzene rings is 2. The Morgan fingerprint density at radius 2 is 1.82 bits per heavy atom. The maximum Gasteiger partial charge on any atom is 0.254 e. The van der Waals surface area contributed by atoms with Crippen LogP contribution in [0.15, 0.2) is 83.7 Å². The van der Waals surface area contributed by atoms with Gasteiger partial charge in [0.15, 0.2) is 0 Å². The van der Waals surface area contributed by atoms with Crippen molar-refractivity contribution in [3.63, 3.8) is 0 Å². The van der Waals surface area contributed by atoms with Crippen LogP contribution in [0.4, 0.5) is 0 Å². The Morgan fingerprint density at radius 1 is 1.07 bits per heavy atom. The van der Waals surface area contributed by atoms with Crippen LogP contribution < -0.4 is 10.6 Å². The minimum absolute atomic E-state index is 0.0337. The molecule has 3 heterocycles. The molecular formula is C36H43N5O4. The van der Waals surface area contributed by atoms with E-state index in [-0.39, 0.29) is 23.3 Å². The van der Waals surface area contributed by atoms with E-state index >= 15 is 0 Å². The molecule has 2 amide bonds. The zero-order valence-corrected chi connectivity index (χ0v) is 26.7. The minimum Gasteiger partial charge on any atom is -0.446 e. The second kappa shape index (κ2) is 13.7. The normalized spacial score (nSPS) is 17.1. The van der Waals surface area contributed by atoms with E-state index in [1.807, 2.05) is 49.6 Å². The number of aliphatic hydroxyl groups excluding tert-OH is 1. The minimum atomic E-state index is -0.950. The molecule has 0 bridgehead atoms. The average Bonchev–Trinajstić information content (AvgIpc) is 3.70. The number of nitrogens with one attached hydrogen (secondary N) is 2. The molecule has 4 atom stereocenters. The zero-order chi connectivity index (χ0) is 32.1. The average molecular weight is 610 g/mol. The van der Waals surface area contributed by atoms with Crippen molar-refractivity contribution in [2.75, 3.05) is 6.54 Å². The number of aliphatic hydroxyl groups is 1. The highest BCUT2D eigenvalue weighted by Gasteiger charge is 2.34. The molecule has 4 unspecified atom stereocenters. The Balaban J connectivity index is 1.28. The van der Waals surface area contributed by atoms with E-state index in [1.54, 1.807) is 42.4 Å². The largest absolute Gasteiger partial charge is 0.446 e. The summed E-state index contributed by atoms with van der Waals surface area (Å²) in [6, 6.07) is 17.2. The predicted octanol–water partition coefficient (Wildman–Crippen LogP) is 5.66. The molecule has 236 valence electrons. The highest BCUT2D eigenvalue weighted by molar-refractivity contribution is 6.00. The van der Waals surface area contributed by atoms with Gasteiger partial charge in [-0.15, -0.1) is 0 Å². The standard InChI is InChI=1S/C36H43N5O4/c1-23-22-45-34(39-23)30-15-10-16-41(30)35(44)28-14-9-13-27(18-28)33(43)40-24(2)32(42)31(26-11-7-6-8-12-26)38-20-25-17-29(21-37-19-25)36(3,4)5/h6-9,11-14,17-19,21-22,24,30-32,38,42H,10,15-16,20H2,1-5H3,(H,40,43). The fourth-order valence-corrected chi connectivity index (χ4v) is 5.73. The van der Waals surface area contributed by atoms with Gasteiger partial charge in [0.05, 0.1) is 23.9 Å². The summed E-state index contributed by atoms with van der Waals surface area (Å²) in [5.74, 6) is -0.00403. The van der Waals surface area contributed by atoms with E-state index < -0.39 is 18.2 Å². The Labute approximate surface area is 265 Å². The van der Waals surface area contributed by atoms with Crippen molar-refractivity contribution in [2.45, 2.75) is 83.6 Å². The van der Waals surface area contributed by atoms with Crippen molar-refractivity contribution in [1.29, 1.82) is 0 Å². The van der Waals surface area contributed by atoms with Crippen LogP contribution in [0.1, 0.15) is 102 Å². The summed E-state index contributed by atoms with van der Waals surface area (Å²) in [4.78, 5) is 37.6. The second-order valence-corrected chi connectivity index (χ2v) is 12.9. The molecule has 9 heteroatoms. The third kappa shape index (κ3) is 7.67. The van der Waals surface area contributed by atoms with Crippen molar-refractivity contribution in [2.24, 2.45) is 0 Å². The van der Waals surface area contributed by atoms with Gasteiger partial charge in [-0.25, -0.2) is 4.98 Å². The second-order valence-electron chi connectivity index (χ2n) is 12.9. The zero-order valence-electron chi connectivity index (χ0n) is 26.7. The molecule has 1 aliphatic heterocycles. The van der Waals surface area contributed by atoms with Crippen LogP contribution >= 0.6 is 0 Å². The van der Waals surface area contributed by atoms with E-state index in [9.17, 15) is 14.7 Å². The molecule has 5 rings (SSSR count). The molecule has 0 spiro atoms. The molecule has 4 aromatic rings. The van der Waals surface area contributed by atoms with Crippen molar-refractivity contribution < 1.29 is 19.1 Å². The smallest absolute Gasteiger partial charge is 0.254 e. The highest BCUT2D eigenvalue weighted by atomic mass is 16.3. The van der Waals surface area contributed by atoms with E-state index in [1.165, 1.54) is 0 Å². The molecule has 2 aromatic heterocycles. The third-order valence-electron chi connectivity index (χ3n) is 8.37. The van der Waals surface area contributed by atoms with Gasteiger partial charge in [0.1, 0.15) is 12.3 Å². The Morgan fingerprint density at radius 3 is 2.53 bits per heavy atom. The fraction of sp³-hybridized carbons (Fsp3) is 0.389. The van der Waals surface area contributed by atoms with Gasteiger partial charge in [0.2, 0.25) is 5.89 Å². The summed E-state index contributed by atoms with van der Waals surface area (Å²) < 4.78 is 5.60. The molecule has 2 aromatic carbocycles. The first-order valence-corrected chi connectivity index (χ1v) is 15.6. The van der Waals surface area contributed by atoms with Gasteiger partial charge in [-0.3, -0.25) is 14.6 Å². The van der Waals surface area contributed by atoms with Crippen molar-refractivity contribution in [3.05, 3.63) is 119 Å². The lowest BCUT2D eigenvalue weighted by molar-refractivity contribution is 0.0715. The third-order valence-corrected chi connectivity index (χ3v) is 8.37. The first-order chi connectivity index (χ1) is 21.5. The number of hydrogen-bond acceptors (Lipinski definition) is 7. The van der Waals surface area contributed by atoms with Crippen molar-refractivity contribution in [1.82, 2.24) is 25.5 Å². The maximum absolute atomic E-state index is 13.5. The summed E-state index contributed by atoms with van der Waals surface area (Å²) in [6.07, 6.45) is 5.98. The number of hydrogen-bond donors (Lipinski definition) is 3. The van der Waals surface area contributed by atoms with Gasteiger partial charge in [0, 0.05) is 36.6 Å². The molecule has 0 aliphatic carbocycles. The molecule has 1 saturated heterocycles. The van der Waals surface area contributed by atoms with Gasteiger partial charge in [0.25, 0.3) is 11.8 Å². The van der Waals surface area contributed by atoms with Gasteiger partial charge in [-0.1, -0.05) is 63.2 Å².